The Balaban J connectivity index is 3.26. The molecule has 0 saturated carbocycles. The highest BCUT2D eigenvalue weighted by Crippen LogP contribution is 2.31. The van der Waals surface area contributed by atoms with Crippen LogP contribution in [0, 0.1) is 0 Å². The minimum absolute atomic E-state index is 0.0377. The molecule has 1 aromatic carbocycles. The highest BCUT2D eigenvalue weighted by atomic mass is 19.3. The van der Waals surface area contributed by atoms with Gasteiger partial charge in [-0.25, -0.2) is 8.78 Å². The average molecular weight is 215 g/mol. The standard InChI is InChI=1S/C11H15F2NO/c1-11(2,14)8-6-7(10(12)13)4-5-9(8)15-3/h4-6,10H,14H2,1-3H3. The van der Waals surface area contributed by atoms with Crippen LogP contribution in [0.15, 0.2) is 18.2 Å². The van der Waals surface area contributed by atoms with Crippen LogP contribution in [0.2, 0.25) is 0 Å². The zero-order valence-corrected chi connectivity index (χ0v) is 9.05. The molecule has 0 atom stereocenters. The number of halogens is 2. The van der Waals surface area contributed by atoms with Crippen molar-refractivity contribution >= 4 is 0 Å². The maximum Gasteiger partial charge on any atom is 0.263 e. The lowest BCUT2D eigenvalue weighted by Gasteiger charge is -2.22. The molecule has 0 heterocycles. The van der Waals surface area contributed by atoms with Gasteiger partial charge in [-0.2, -0.15) is 0 Å². The fourth-order valence-corrected chi connectivity index (χ4v) is 1.36. The molecular weight excluding hydrogens is 200 g/mol. The van der Waals surface area contributed by atoms with Crippen LogP contribution in [0.5, 0.6) is 5.75 Å². The molecule has 1 aromatic rings. The second-order valence-corrected chi connectivity index (χ2v) is 3.98. The first-order valence-corrected chi connectivity index (χ1v) is 4.61. The molecule has 0 radical (unpaired) electrons. The highest BCUT2D eigenvalue weighted by molar-refractivity contribution is 5.41. The summed E-state index contributed by atoms with van der Waals surface area (Å²) in [6.07, 6.45) is -2.49. The lowest BCUT2D eigenvalue weighted by Crippen LogP contribution is -2.29. The van der Waals surface area contributed by atoms with Crippen LogP contribution in [-0.4, -0.2) is 7.11 Å². The second-order valence-electron chi connectivity index (χ2n) is 3.98. The number of methoxy groups -OCH3 is 1. The Labute approximate surface area is 88.0 Å². The first kappa shape index (κ1) is 11.9. The topological polar surface area (TPSA) is 35.2 Å². The van der Waals surface area contributed by atoms with E-state index < -0.39 is 12.0 Å². The summed E-state index contributed by atoms with van der Waals surface area (Å²) in [5.74, 6) is 0.534. The fraction of sp³-hybridized carbons (Fsp3) is 0.455. The monoisotopic (exact) mass is 215 g/mol. The van der Waals surface area contributed by atoms with E-state index in [2.05, 4.69) is 0 Å². The summed E-state index contributed by atoms with van der Waals surface area (Å²) in [6, 6.07) is 4.26. The Hall–Kier alpha value is -1.16. The minimum atomic E-state index is -2.49. The molecule has 4 heteroatoms. The summed E-state index contributed by atoms with van der Waals surface area (Å²) in [6.45, 7) is 3.50. The maximum atomic E-state index is 12.5. The van der Waals surface area contributed by atoms with Crippen molar-refractivity contribution in [1.82, 2.24) is 0 Å². The van der Waals surface area contributed by atoms with E-state index in [9.17, 15) is 8.78 Å². The highest BCUT2D eigenvalue weighted by Gasteiger charge is 2.21. The fourth-order valence-electron chi connectivity index (χ4n) is 1.36. The van der Waals surface area contributed by atoms with E-state index in [1.54, 1.807) is 13.8 Å². The molecule has 0 aromatic heterocycles. The molecule has 0 amide bonds. The third-order valence-electron chi connectivity index (χ3n) is 2.17. The Bertz CT molecular complexity index is 345. The summed E-state index contributed by atoms with van der Waals surface area (Å²) >= 11 is 0. The molecule has 0 aliphatic rings. The van der Waals surface area contributed by atoms with Crippen molar-refractivity contribution in [2.24, 2.45) is 5.73 Å². The number of alkyl halides is 2. The first-order chi connectivity index (χ1) is 6.86. The van der Waals surface area contributed by atoms with Gasteiger partial charge in [0, 0.05) is 16.7 Å². The molecule has 0 fully saturated rings. The Morgan fingerprint density at radius 2 is 1.93 bits per heavy atom. The summed E-state index contributed by atoms with van der Waals surface area (Å²) in [5.41, 5.74) is 5.73. The van der Waals surface area contributed by atoms with Crippen molar-refractivity contribution in [3.05, 3.63) is 29.3 Å². The van der Waals surface area contributed by atoms with Crippen LogP contribution in [0.25, 0.3) is 0 Å². The molecule has 2 N–H and O–H groups in total. The number of rotatable bonds is 3. The van der Waals surface area contributed by atoms with E-state index in [0.29, 0.717) is 11.3 Å². The third kappa shape index (κ3) is 2.65. The van der Waals surface area contributed by atoms with Crippen molar-refractivity contribution in [3.63, 3.8) is 0 Å². The van der Waals surface area contributed by atoms with Gasteiger partial charge in [-0.15, -0.1) is 0 Å². The van der Waals surface area contributed by atoms with Crippen LogP contribution in [-0.2, 0) is 5.54 Å². The van der Waals surface area contributed by atoms with Gasteiger partial charge in [-0.3, -0.25) is 0 Å². The van der Waals surface area contributed by atoms with Crippen LogP contribution in [0.1, 0.15) is 31.4 Å². The van der Waals surface area contributed by atoms with Crippen LogP contribution in [0.4, 0.5) is 8.78 Å². The smallest absolute Gasteiger partial charge is 0.263 e. The second kappa shape index (κ2) is 4.14. The van der Waals surface area contributed by atoms with Gasteiger partial charge in [-0.05, 0) is 32.0 Å². The number of benzene rings is 1. The van der Waals surface area contributed by atoms with Crippen molar-refractivity contribution in [2.45, 2.75) is 25.8 Å². The van der Waals surface area contributed by atoms with Gasteiger partial charge in [0.05, 0.1) is 7.11 Å². The molecular formula is C11H15F2NO. The van der Waals surface area contributed by atoms with E-state index in [-0.39, 0.29) is 5.56 Å². The Morgan fingerprint density at radius 3 is 2.33 bits per heavy atom. The van der Waals surface area contributed by atoms with E-state index in [1.165, 1.54) is 25.3 Å². The molecule has 84 valence electrons. The maximum absolute atomic E-state index is 12.5. The van der Waals surface area contributed by atoms with Crippen LogP contribution >= 0.6 is 0 Å². The van der Waals surface area contributed by atoms with E-state index >= 15 is 0 Å². The molecule has 0 spiro atoms. The molecule has 0 aliphatic carbocycles. The lowest BCUT2D eigenvalue weighted by molar-refractivity contribution is 0.151. The number of nitrogens with two attached hydrogens (primary N) is 1. The van der Waals surface area contributed by atoms with Crippen LogP contribution in [0.3, 0.4) is 0 Å². The van der Waals surface area contributed by atoms with Crippen molar-refractivity contribution in [3.8, 4) is 5.75 Å². The van der Waals surface area contributed by atoms with Gasteiger partial charge in [0.1, 0.15) is 5.75 Å². The molecule has 0 unspecified atom stereocenters. The molecule has 0 aliphatic heterocycles. The van der Waals surface area contributed by atoms with Crippen LogP contribution < -0.4 is 10.5 Å². The lowest BCUT2D eigenvalue weighted by atomic mass is 9.93. The van der Waals surface area contributed by atoms with Gasteiger partial charge < -0.3 is 10.5 Å². The van der Waals surface area contributed by atoms with Gasteiger partial charge in [0.2, 0.25) is 0 Å². The van der Waals surface area contributed by atoms with Gasteiger partial charge in [0.15, 0.2) is 0 Å². The van der Waals surface area contributed by atoms with Gasteiger partial charge in [0.25, 0.3) is 6.43 Å². The Morgan fingerprint density at radius 1 is 1.33 bits per heavy atom. The summed E-state index contributed by atoms with van der Waals surface area (Å²) < 4.78 is 30.1. The summed E-state index contributed by atoms with van der Waals surface area (Å²) in [7, 11) is 1.49. The first-order valence-electron chi connectivity index (χ1n) is 4.61. The van der Waals surface area contributed by atoms with E-state index in [4.69, 9.17) is 10.5 Å². The molecule has 2 nitrogen and oxygen atoms in total. The average Bonchev–Trinajstić information content (AvgIpc) is 2.15. The zero-order chi connectivity index (χ0) is 11.6. The summed E-state index contributed by atoms with van der Waals surface area (Å²) in [5, 5.41) is 0. The van der Waals surface area contributed by atoms with Crippen molar-refractivity contribution in [2.75, 3.05) is 7.11 Å². The quantitative estimate of drug-likeness (QED) is 0.841. The summed E-state index contributed by atoms with van der Waals surface area (Å²) in [4.78, 5) is 0. The molecule has 1 rings (SSSR count). The molecule has 15 heavy (non-hydrogen) atoms. The molecule has 0 bridgehead atoms. The number of hydrogen-bond donors (Lipinski definition) is 1. The molecule has 0 saturated heterocycles. The predicted octanol–water partition coefficient (Wildman–Crippen LogP) is 2.83. The normalized spacial score (nSPS) is 11.9. The van der Waals surface area contributed by atoms with E-state index in [0.717, 1.165) is 0 Å². The SMILES string of the molecule is COc1ccc(C(F)F)cc1C(C)(C)N. The minimum Gasteiger partial charge on any atom is -0.496 e. The van der Waals surface area contributed by atoms with Crippen molar-refractivity contribution in [1.29, 1.82) is 0 Å². The zero-order valence-electron chi connectivity index (χ0n) is 9.05. The number of ether oxygens (including phenoxy) is 1. The third-order valence-corrected chi connectivity index (χ3v) is 2.17. The van der Waals surface area contributed by atoms with Crippen molar-refractivity contribution < 1.29 is 13.5 Å². The van der Waals surface area contributed by atoms with E-state index in [1.807, 2.05) is 0 Å². The van der Waals surface area contributed by atoms with Gasteiger partial charge in [-0.1, -0.05) is 0 Å². The van der Waals surface area contributed by atoms with Gasteiger partial charge >= 0.3 is 0 Å². The largest absolute Gasteiger partial charge is 0.496 e. The number of hydrogen-bond acceptors (Lipinski definition) is 2. The Kier molecular flexibility index (Phi) is 3.29. The predicted molar refractivity (Wildman–Crippen MR) is 55.2 cm³/mol.